The number of amides is 3. The van der Waals surface area contributed by atoms with E-state index in [2.05, 4.69) is 28.1 Å². The zero-order valence-electron chi connectivity index (χ0n) is 18.4. The molecule has 1 fully saturated rings. The average molecular weight is 452 g/mol. The van der Waals surface area contributed by atoms with Crippen molar-refractivity contribution in [3.8, 4) is 0 Å². The van der Waals surface area contributed by atoms with Crippen LogP contribution in [0.15, 0.2) is 54.6 Å². The number of nitrogens with one attached hydrogen (secondary N) is 5. The van der Waals surface area contributed by atoms with Gasteiger partial charge in [-0.25, -0.2) is 4.79 Å². The summed E-state index contributed by atoms with van der Waals surface area (Å²) in [4.78, 5) is 35.8. The first-order valence-corrected chi connectivity index (χ1v) is 10.9. The fraction of sp³-hybridized carbons (Fsp3) is 0.333. The molecule has 1 aliphatic heterocycles. The van der Waals surface area contributed by atoms with Crippen LogP contribution in [-0.2, 0) is 16.1 Å². The third kappa shape index (κ3) is 6.88. The molecule has 3 amide bonds. The SMILES string of the molecule is C[C@H](NC(=O)[C@H]1C[C@@H](c2ccccc2)CCN1)C(=O)NCc1ccc(C(=N)NC(=O)O)cc1. The standard InChI is InChI=1S/C24H29N5O4/c1-15(22(30)27-14-16-7-9-18(10-8-16)21(25)29-24(32)33)28-23(31)20-13-19(11-12-26-20)17-5-3-2-4-6-17/h2-10,15,19-20,26H,11-14H2,1H3,(H2,25,29)(H,27,30)(H,28,31)(H,32,33)/t15-,19-,20+/m0/s1. The van der Waals surface area contributed by atoms with Gasteiger partial charge in [0.25, 0.3) is 0 Å². The van der Waals surface area contributed by atoms with E-state index in [-0.39, 0.29) is 30.2 Å². The molecule has 9 nitrogen and oxygen atoms in total. The predicted octanol–water partition coefficient (Wildman–Crippen LogP) is 1.94. The summed E-state index contributed by atoms with van der Waals surface area (Å²) in [6.45, 7) is 2.64. The number of carboxylic acid groups (broad SMARTS) is 1. The van der Waals surface area contributed by atoms with Crippen molar-refractivity contribution in [1.82, 2.24) is 21.3 Å². The highest BCUT2D eigenvalue weighted by Gasteiger charge is 2.29. The Morgan fingerprint density at radius 2 is 1.82 bits per heavy atom. The van der Waals surface area contributed by atoms with Crippen molar-refractivity contribution in [3.05, 3.63) is 71.3 Å². The molecule has 174 valence electrons. The third-order valence-corrected chi connectivity index (χ3v) is 5.68. The Hall–Kier alpha value is -3.72. The first-order chi connectivity index (χ1) is 15.8. The van der Waals surface area contributed by atoms with Crippen LogP contribution in [0, 0.1) is 5.41 Å². The van der Waals surface area contributed by atoms with Crippen LogP contribution < -0.4 is 21.3 Å². The van der Waals surface area contributed by atoms with Gasteiger partial charge >= 0.3 is 6.09 Å². The van der Waals surface area contributed by atoms with E-state index in [4.69, 9.17) is 10.5 Å². The van der Waals surface area contributed by atoms with Crippen LogP contribution in [0.2, 0.25) is 0 Å². The molecule has 9 heteroatoms. The number of carbonyl (C=O) groups is 3. The lowest BCUT2D eigenvalue weighted by Gasteiger charge is -2.30. The molecule has 0 unspecified atom stereocenters. The second-order valence-corrected chi connectivity index (χ2v) is 8.09. The Labute approximate surface area is 192 Å². The van der Waals surface area contributed by atoms with Crippen molar-refractivity contribution in [2.75, 3.05) is 6.54 Å². The average Bonchev–Trinajstić information content (AvgIpc) is 2.83. The number of benzene rings is 2. The van der Waals surface area contributed by atoms with E-state index >= 15 is 0 Å². The van der Waals surface area contributed by atoms with E-state index in [0.717, 1.165) is 18.5 Å². The molecule has 3 atom stereocenters. The van der Waals surface area contributed by atoms with Gasteiger partial charge in [-0.3, -0.25) is 20.3 Å². The van der Waals surface area contributed by atoms with Crippen LogP contribution in [0.25, 0.3) is 0 Å². The summed E-state index contributed by atoms with van der Waals surface area (Å²) >= 11 is 0. The summed E-state index contributed by atoms with van der Waals surface area (Å²) in [5, 5.41) is 27.1. The monoisotopic (exact) mass is 451 g/mol. The zero-order valence-corrected chi connectivity index (χ0v) is 18.4. The second kappa shape index (κ2) is 11.2. The van der Waals surface area contributed by atoms with Gasteiger partial charge in [-0.2, -0.15) is 0 Å². The van der Waals surface area contributed by atoms with Gasteiger partial charge in [0.2, 0.25) is 11.8 Å². The molecule has 0 spiro atoms. The molecule has 6 N–H and O–H groups in total. The van der Waals surface area contributed by atoms with Gasteiger partial charge in [0, 0.05) is 12.1 Å². The van der Waals surface area contributed by atoms with Crippen LogP contribution in [0.5, 0.6) is 0 Å². The first-order valence-electron chi connectivity index (χ1n) is 10.9. The minimum absolute atomic E-state index is 0.188. The molecule has 0 radical (unpaired) electrons. The third-order valence-electron chi connectivity index (χ3n) is 5.68. The molecule has 1 aliphatic rings. The van der Waals surface area contributed by atoms with Gasteiger partial charge in [0.05, 0.1) is 6.04 Å². The minimum atomic E-state index is -1.30. The number of amidine groups is 1. The van der Waals surface area contributed by atoms with Crippen molar-refractivity contribution in [2.24, 2.45) is 0 Å². The van der Waals surface area contributed by atoms with E-state index in [1.165, 1.54) is 5.56 Å². The minimum Gasteiger partial charge on any atom is -0.465 e. The summed E-state index contributed by atoms with van der Waals surface area (Å²) < 4.78 is 0. The Kier molecular flexibility index (Phi) is 8.15. The molecule has 1 heterocycles. The summed E-state index contributed by atoms with van der Waals surface area (Å²) in [7, 11) is 0. The fourth-order valence-corrected chi connectivity index (χ4v) is 3.84. The highest BCUT2D eigenvalue weighted by atomic mass is 16.4. The maximum Gasteiger partial charge on any atom is 0.410 e. The number of rotatable bonds is 7. The summed E-state index contributed by atoms with van der Waals surface area (Å²) in [5.74, 6) is -0.405. The number of hydrogen-bond acceptors (Lipinski definition) is 5. The van der Waals surface area contributed by atoms with E-state index in [1.54, 1.807) is 31.2 Å². The summed E-state index contributed by atoms with van der Waals surface area (Å²) in [5.41, 5.74) is 2.43. The Morgan fingerprint density at radius 1 is 1.12 bits per heavy atom. The Morgan fingerprint density at radius 3 is 2.48 bits per heavy atom. The molecule has 3 rings (SSSR count). The van der Waals surface area contributed by atoms with E-state index in [0.29, 0.717) is 17.9 Å². The van der Waals surface area contributed by atoms with Gasteiger partial charge in [-0.05, 0) is 43.4 Å². The highest BCUT2D eigenvalue weighted by Crippen LogP contribution is 2.27. The lowest BCUT2D eigenvalue weighted by molar-refractivity contribution is -0.130. The van der Waals surface area contributed by atoms with Crippen LogP contribution in [0.4, 0.5) is 4.79 Å². The van der Waals surface area contributed by atoms with Crippen LogP contribution in [0.1, 0.15) is 42.4 Å². The molecular weight excluding hydrogens is 422 g/mol. The maximum atomic E-state index is 12.7. The van der Waals surface area contributed by atoms with Gasteiger partial charge < -0.3 is 21.1 Å². The number of carbonyl (C=O) groups excluding carboxylic acids is 2. The van der Waals surface area contributed by atoms with Gasteiger partial charge in [0.15, 0.2) is 0 Å². The lowest BCUT2D eigenvalue weighted by Crippen LogP contribution is -2.53. The van der Waals surface area contributed by atoms with Gasteiger partial charge in [-0.15, -0.1) is 0 Å². The molecule has 33 heavy (non-hydrogen) atoms. The lowest BCUT2D eigenvalue weighted by atomic mass is 9.86. The van der Waals surface area contributed by atoms with E-state index < -0.39 is 12.1 Å². The van der Waals surface area contributed by atoms with Crippen molar-refractivity contribution in [1.29, 1.82) is 5.41 Å². The van der Waals surface area contributed by atoms with Gasteiger partial charge in [0.1, 0.15) is 11.9 Å². The van der Waals surface area contributed by atoms with Crippen molar-refractivity contribution < 1.29 is 19.5 Å². The Balaban J connectivity index is 1.46. The normalized spacial score (nSPS) is 18.6. The van der Waals surface area contributed by atoms with Crippen molar-refractivity contribution in [3.63, 3.8) is 0 Å². The van der Waals surface area contributed by atoms with Crippen LogP contribution in [0.3, 0.4) is 0 Å². The summed E-state index contributed by atoms with van der Waals surface area (Å²) in [6, 6.07) is 15.7. The van der Waals surface area contributed by atoms with Gasteiger partial charge in [-0.1, -0.05) is 54.6 Å². The fourth-order valence-electron chi connectivity index (χ4n) is 3.84. The molecule has 2 aromatic carbocycles. The molecule has 1 saturated heterocycles. The van der Waals surface area contributed by atoms with Crippen LogP contribution in [-0.4, -0.2) is 47.5 Å². The largest absolute Gasteiger partial charge is 0.465 e. The number of hydrogen-bond donors (Lipinski definition) is 6. The molecule has 0 saturated carbocycles. The Bertz CT molecular complexity index is 994. The predicted molar refractivity (Wildman–Crippen MR) is 124 cm³/mol. The summed E-state index contributed by atoms with van der Waals surface area (Å²) in [6.07, 6.45) is 0.350. The maximum absolute atomic E-state index is 12.7. The van der Waals surface area contributed by atoms with Crippen LogP contribution >= 0.6 is 0 Å². The highest BCUT2D eigenvalue weighted by molar-refractivity contribution is 6.04. The first kappa shape index (κ1) is 23.9. The van der Waals surface area contributed by atoms with E-state index in [1.807, 2.05) is 23.5 Å². The van der Waals surface area contributed by atoms with Crippen molar-refractivity contribution >= 4 is 23.7 Å². The topological polar surface area (TPSA) is 143 Å². The quantitative estimate of drug-likeness (QED) is 0.282. The molecular formula is C24H29N5O4. The molecule has 0 bridgehead atoms. The van der Waals surface area contributed by atoms with E-state index in [9.17, 15) is 14.4 Å². The second-order valence-electron chi connectivity index (χ2n) is 8.09. The molecule has 0 aliphatic carbocycles. The van der Waals surface area contributed by atoms with Crippen molar-refractivity contribution in [2.45, 2.75) is 44.3 Å². The molecule has 2 aromatic rings. The molecule has 0 aromatic heterocycles. The number of piperidine rings is 1. The zero-order chi connectivity index (χ0) is 23.8. The smallest absolute Gasteiger partial charge is 0.410 e.